The lowest BCUT2D eigenvalue weighted by molar-refractivity contribution is -0.141. The topological polar surface area (TPSA) is 76.5 Å². The van der Waals surface area contributed by atoms with Crippen LogP contribution in [0.3, 0.4) is 0 Å². The van der Waals surface area contributed by atoms with Gasteiger partial charge in [-0.05, 0) is 20.9 Å². The molecule has 0 aliphatic rings. The van der Waals surface area contributed by atoms with Crippen LogP contribution in [-0.2, 0) is 14.3 Å². The van der Waals surface area contributed by atoms with Crippen molar-refractivity contribution in [1.29, 1.82) is 0 Å². The van der Waals surface area contributed by atoms with Gasteiger partial charge in [0.2, 0.25) is 5.91 Å². The second-order valence-corrected chi connectivity index (χ2v) is 4.87. The maximum atomic E-state index is 11.9. The smallest absolute Gasteiger partial charge is 0.306 e. The molecular formula is C13H22N4O3. The first-order valence-corrected chi connectivity index (χ1v) is 6.52. The largest absolute Gasteiger partial charge is 0.469 e. The maximum absolute atomic E-state index is 11.9. The number of carbonyl (C=O) groups excluding carboxylic acids is 2. The Balaban J connectivity index is 2.43. The molecule has 1 rings (SSSR count). The van der Waals surface area contributed by atoms with E-state index in [1.54, 1.807) is 28.9 Å². The Morgan fingerprint density at radius 2 is 2.20 bits per heavy atom. The van der Waals surface area contributed by atoms with Gasteiger partial charge in [-0.2, -0.15) is 5.10 Å². The van der Waals surface area contributed by atoms with Crippen molar-refractivity contribution in [3.05, 3.63) is 12.3 Å². The number of rotatable bonds is 7. The van der Waals surface area contributed by atoms with Crippen LogP contribution in [0, 0.1) is 0 Å². The molecule has 1 N–H and O–H groups in total. The predicted molar refractivity (Wildman–Crippen MR) is 75.4 cm³/mol. The van der Waals surface area contributed by atoms with Crippen LogP contribution in [0.1, 0.15) is 26.3 Å². The van der Waals surface area contributed by atoms with E-state index < -0.39 is 0 Å². The van der Waals surface area contributed by atoms with Gasteiger partial charge in [0, 0.05) is 18.7 Å². The zero-order valence-corrected chi connectivity index (χ0v) is 12.4. The lowest BCUT2D eigenvalue weighted by Crippen LogP contribution is -2.32. The van der Waals surface area contributed by atoms with Crippen molar-refractivity contribution in [3.8, 4) is 0 Å². The van der Waals surface area contributed by atoms with E-state index in [1.165, 1.54) is 7.11 Å². The van der Waals surface area contributed by atoms with Gasteiger partial charge in [-0.3, -0.25) is 14.5 Å². The molecule has 1 amide bonds. The summed E-state index contributed by atoms with van der Waals surface area (Å²) in [4.78, 5) is 24.7. The zero-order valence-electron chi connectivity index (χ0n) is 12.4. The van der Waals surface area contributed by atoms with Crippen LogP contribution in [0.4, 0.5) is 5.82 Å². The van der Waals surface area contributed by atoms with Gasteiger partial charge in [0.15, 0.2) is 0 Å². The van der Waals surface area contributed by atoms with Crippen LogP contribution in [-0.4, -0.2) is 53.8 Å². The molecule has 0 aliphatic heterocycles. The lowest BCUT2D eigenvalue weighted by atomic mass is 10.4. The molecule has 0 saturated carbocycles. The summed E-state index contributed by atoms with van der Waals surface area (Å²) in [5.74, 6) is 0.251. The summed E-state index contributed by atoms with van der Waals surface area (Å²) >= 11 is 0. The molecule has 0 bridgehead atoms. The van der Waals surface area contributed by atoms with Crippen LogP contribution < -0.4 is 5.32 Å². The van der Waals surface area contributed by atoms with E-state index in [0.29, 0.717) is 12.4 Å². The van der Waals surface area contributed by atoms with Gasteiger partial charge in [0.25, 0.3) is 0 Å². The molecule has 0 aromatic carbocycles. The standard InChI is InChI=1S/C13H22N4O3/c1-10(2)17-11(5-7-14-17)15-12(18)9-16(3)8-6-13(19)20-4/h5,7,10H,6,8-9H2,1-4H3,(H,15,18). The second-order valence-electron chi connectivity index (χ2n) is 4.87. The fourth-order valence-corrected chi connectivity index (χ4v) is 1.72. The Morgan fingerprint density at radius 3 is 2.80 bits per heavy atom. The predicted octanol–water partition coefficient (Wildman–Crippen LogP) is 0.897. The van der Waals surface area contributed by atoms with Crippen LogP contribution in [0.5, 0.6) is 0 Å². The Bertz CT molecular complexity index is 456. The molecule has 0 atom stereocenters. The van der Waals surface area contributed by atoms with Gasteiger partial charge in [-0.1, -0.05) is 0 Å². The van der Waals surface area contributed by atoms with Gasteiger partial charge in [-0.15, -0.1) is 0 Å². The molecular weight excluding hydrogens is 260 g/mol. The van der Waals surface area contributed by atoms with Gasteiger partial charge >= 0.3 is 5.97 Å². The lowest BCUT2D eigenvalue weighted by Gasteiger charge is -2.16. The van der Waals surface area contributed by atoms with E-state index in [0.717, 1.165) is 0 Å². The van der Waals surface area contributed by atoms with E-state index in [2.05, 4.69) is 15.2 Å². The highest BCUT2D eigenvalue weighted by Crippen LogP contribution is 2.12. The van der Waals surface area contributed by atoms with Crippen molar-refractivity contribution in [2.45, 2.75) is 26.3 Å². The summed E-state index contributed by atoms with van der Waals surface area (Å²) in [5, 5.41) is 6.95. The average molecular weight is 282 g/mol. The first-order chi connectivity index (χ1) is 9.43. The molecule has 1 aromatic rings. The summed E-state index contributed by atoms with van der Waals surface area (Å²) in [6, 6.07) is 1.93. The first kappa shape index (κ1) is 16.2. The van der Waals surface area contributed by atoms with Gasteiger partial charge in [0.1, 0.15) is 5.82 Å². The number of methoxy groups -OCH3 is 1. The van der Waals surface area contributed by atoms with Crippen molar-refractivity contribution in [3.63, 3.8) is 0 Å². The van der Waals surface area contributed by atoms with Crippen LogP contribution in [0.15, 0.2) is 12.3 Å². The SMILES string of the molecule is COC(=O)CCN(C)CC(=O)Nc1ccnn1C(C)C. The maximum Gasteiger partial charge on any atom is 0.306 e. The third-order valence-corrected chi connectivity index (χ3v) is 2.77. The highest BCUT2D eigenvalue weighted by atomic mass is 16.5. The third-order valence-electron chi connectivity index (χ3n) is 2.77. The molecule has 1 heterocycles. The summed E-state index contributed by atoms with van der Waals surface area (Å²) in [6.07, 6.45) is 1.92. The van der Waals surface area contributed by atoms with E-state index in [4.69, 9.17) is 0 Å². The van der Waals surface area contributed by atoms with Crippen molar-refractivity contribution in [2.24, 2.45) is 0 Å². The van der Waals surface area contributed by atoms with Gasteiger partial charge in [-0.25, -0.2) is 4.68 Å². The molecule has 0 unspecified atom stereocenters. The fraction of sp³-hybridized carbons (Fsp3) is 0.615. The van der Waals surface area contributed by atoms with Crippen LogP contribution in [0.2, 0.25) is 0 Å². The monoisotopic (exact) mass is 282 g/mol. The highest BCUT2D eigenvalue weighted by molar-refractivity contribution is 5.91. The number of amides is 1. The number of anilines is 1. The molecule has 112 valence electrons. The molecule has 0 radical (unpaired) electrons. The summed E-state index contributed by atoms with van der Waals surface area (Å²) in [6.45, 7) is 4.67. The van der Waals surface area contributed by atoms with Crippen molar-refractivity contribution >= 4 is 17.7 Å². The molecule has 7 nitrogen and oxygen atoms in total. The van der Waals surface area contributed by atoms with E-state index in [1.807, 2.05) is 13.8 Å². The molecule has 0 saturated heterocycles. The summed E-state index contributed by atoms with van der Waals surface area (Å²) < 4.78 is 6.30. The Hall–Kier alpha value is -1.89. The molecule has 0 spiro atoms. The number of hydrogen-bond acceptors (Lipinski definition) is 5. The Morgan fingerprint density at radius 1 is 1.50 bits per heavy atom. The minimum Gasteiger partial charge on any atom is -0.469 e. The highest BCUT2D eigenvalue weighted by Gasteiger charge is 2.12. The Labute approximate surface area is 118 Å². The number of ether oxygens (including phenoxy) is 1. The molecule has 1 aromatic heterocycles. The molecule has 0 fully saturated rings. The van der Waals surface area contributed by atoms with E-state index >= 15 is 0 Å². The molecule has 7 heteroatoms. The van der Waals surface area contributed by atoms with Crippen molar-refractivity contribution < 1.29 is 14.3 Å². The number of hydrogen-bond donors (Lipinski definition) is 1. The fourth-order valence-electron chi connectivity index (χ4n) is 1.72. The van der Waals surface area contributed by atoms with Gasteiger partial charge < -0.3 is 10.1 Å². The van der Waals surface area contributed by atoms with Crippen LogP contribution >= 0.6 is 0 Å². The second kappa shape index (κ2) is 7.64. The average Bonchev–Trinajstić information content (AvgIpc) is 2.83. The van der Waals surface area contributed by atoms with Crippen molar-refractivity contribution in [1.82, 2.24) is 14.7 Å². The van der Waals surface area contributed by atoms with E-state index in [-0.39, 0.29) is 30.9 Å². The number of aromatic nitrogens is 2. The summed E-state index contributed by atoms with van der Waals surface area (Å²) in [7, 11) is 3.13. The number of carbonyl (C=O) groups is 2. The minimum absolute atomic E-state index is 0.139. The minimum atomic E-state index is -0.282. The molecule has 20 heavy (non-hydrogen) atoms. The van der Waals surface area contributed by atoms with Crippen LogP contribution in [0.25, 0.3) is 0 Å². The van der Waals surface area contributed by atoms with E-state index in [9.17, 15) is 9.59 Å². The number of nitrogens with one attached hydrogen (secondary N) is 1. The number of nitrogens with zero attached hydrogens (tertiary/aromatic N) is 3. The number of likely N-dealkylation sites (N-methyl/N-ethyl adjacent to an activating group) is 1. The van der Waals surface area contributed by atoms with Crippen molar-refractivity contribution in [2.75, 3.05) is 32.6 Å². The Kier molecular flexibility index (Phi) is 6.17. The number of esters is 1. The quantitative estimate of drug-likeness (QED) is 0.752. The normalized spacial score (nSPS) is 10.9. The first-order valence-electron chi connectivity index (χ1n) is 6.52. The molecule has 0 aliphatic carbocycles. The van der Waals surface area contributed by atoms with Gasteiger partial charge in [0.05, 0.1) is 26.3 Å². The summed E-state index contributed by atoms with van der Waals surface area (Å²) in [5.41, 5.74) is 0. The zero-order chi connectivity index (χ0) is 15.1. The third kappa shape index (κ3) is 5.00.